The fourth-order valence-corrected chi connectivity index (χ4v) is 4.42. The topological polar surface area (TPSA) is 57.2 Å². The van der Waals surface area contributed by atoms with E-state index in [0.717, 1.165) is 40.6 Å². The van der Waals surface area contributed by atoms with Gasteiger partial charge in [-0.25, -0.2) is 0 Å². The minimum Gasteiger partial charge on any atom is -0.505 e. The van der Waals surface area contributed by atoms with Gasteiger partial charge in [-0.3, -0.25) is 4.98 Å². The summed E-state index contributed by atoms with van der Waals surface area (Å²) >= 11 is 12.2. The Morgan fingerprint density at radius 2 is 1.61 bits per heavy atom. The summed E-state index contributed by atoms with van der Waals surface area (Å²) < 4.78 is 0. The monoisotopic (exact) mass is 415 g/mol. The third kappa shape index (κ3) is 3.90. The van der Waals surface area contributed by atoms with Gasteiger partial charge in [-0.05, 0) is 74.2 Å². The van der Waals surface area contributed by atoms with Gasteiger partial charge in [-0.1, -0.05) is 29.3 Å². The van der Waals surface area contributed by atoms with E-state index in [1.807, 2.05) is 31.4 Å². The summed E-state index contributed by atoms with van der Waals surface area (Å²) in [6, 6.07) is 12.7. The highest BCUT2D eigenvalue weighted by molar-refractivity contribution is 6.37. The van der Waals surface area contributed by atoms with E-state index < -0.39 is 0 Å². The van der Waals surface area contributed by atoms with Crippen LogP contribution < -0.4 is 10.6 Å². The molecule has 0 bridgehead atoms. The van der Waals surface area contributed by atoms with E-state index in [9.17, 15) is 5.11 Å². The van der Waals surface area contributed by atoms with Crippen molar-refractivity contribution in [3.8, 4) is 16.9 Å². The normalized spacial score (nSPS) is 19.7. The van der Waals surface area contributed by atoms with Crippen LogP contribution >= 0.6 is 23.2 Å². The van der Waals surface area contributed by atoms with Crippen LogP contribution in [0.4, 0.5) is 5.69 Å². The van der Waals surface area contributed by atoms with Gasteiger partial charge in [0.2, 0.25) is 0 Å². The third-order valence-electron chi connectivity index (χ3n) is 5.59. The lowest BCUT2D eigenvalue weighted by Gasteiger charge is -2.29. The second kappa shape index (κ2) is 8.16. The Bertz CT molecular complexity index is 977. The van der Waals surface area contributed by atoms with E-state index in [1.165, 1.54) is 12.8 Å². The van der Waals surface area contributed by atoms with Gasteiger partial charge in [0.25, 0.3) is 0 Å². The number of rotatable bonds is 4. The Labute approximate surface area is 174 Å². The molecule has 1 aliphatic carbocycles. The second-order valence-corrected chi connectivity index (χ2v) is 8.17. The van der Waals surface area contributed by atoms with Crippen LogP contribution in [0.3, 0.4) is 0 Å². The first-order valence-electron chi connectivity index (χ1n) is 9.56. The quantitative estimate of drug-likeness (QED) is 0.499. The van der Waals surface area contributed by atoms with Gasteiger partial charge >= 0.3 is 0 Å². The molecule has 3 aromatic rings. The molecule has 1 aromatic heterocycles. The maximum Gasteiger partial charge on any atom is 0.152 e. The number of pyridine rings is 1. The van der Waals surface area contributed by atoms with Crippen LogP contribution in [0.5, 0.6) is 5.75 Å². The zero-order valence-corrected chi connectivity index (χ0v) is 17.2. The van der Waals surface area contributed by atoms with Crippen molar-refractivity contribution in [1.82, 2.24) is 10.3 Å². The van der Waals surface area contributed by atoms with Crippen molar-refractivity contribution < 1.29 is 5.11 Å². The summed E-state index contributed by atoms with van der Waals surface area (Å²) in [5.74, 6) is -0.0888. The Morgan fingerprint density at radius 1 is 0.929 bits per heavy atom. The summed E-state index contributed by atoms with van der Waals surface area (Å²) in [6.07, 6.45) is 6.52. The van der Waals surface area contributed by atoms with E-state index in [0.29, 0.717) is 12.1 Å². The van der Waals surface area contributed by atoms with Crippen molar-refractivity contribution in [2.75, 3.05) is 12.4 Å². The zero-order chi connectivity index (χ0) is 19.7. The highest BCUT2D eigenvalue weighted by Gasteiger charge is 2.20. The molecule has 2 aromatic carbocycles. The average molecular weight is 416 g/mol. The summed E-state index contributed by atoms with van der Waals surface area (Å²) in [5.41, 5.74) is 3.87. The minimum absolute atomic E-state index is 0.0888. The molecule has 3 N–H and O–H groups in total. The lowest BCUT2D eigenvalue weighted by Crippen LogP contribution is -2.35. The number of hydrogen-bond acceptors (Lipinski definition) is 4. The van der Waals surface area contributed by atoms with Crippen molar-refractivity contribution in [2.45, 2.75) is 37.8 Å². The van der Waals surface area contributed by atoms with Gasteiger partial charge in [0.15, 0.2) is 5.75 Å². The summed E-state index contributed by atoms with van der Waals surface area (Å²) in [6.45, 7) is 0. The predicted octanol–water partition coefficient (Wildman–Crippen LogP) is 5.86. The number of phenolic OH excluding ortho intramolecular Hbond substituents is 1. The SMILES string of the molecule is CNC1CCC(Nc2ccnc3ccc(-c4cc(Cl)c(O)c(Cl)c4)cc23)CC1. The van der Waals surface area contributed by atoms with Crippen molar-refractivity contribution in [3.05, 3.63) is 52.6 Å². The molecule has 0 radical (unpaired) electrons. The van der Waals surface area contributed by atoms with Gasteiger partial charge in [0, 0.05) is 29.4 Å². The first-order valence-corrected chi connectivity index (χ1v) is 10.3. The number of nitrogens with one attached hydrogen (secondary N) is 2. The average Bonchev–Trinajstić information content (AvgIpc) is 2.72. The number of halogens is 2. The Balaban J connectivity index is 1.66. The third-order valence-corrected chi connectivity index (χ3v) is 6.16. The van der Waals surface area contributed by atoms with E-state index in [2.05, 4.69) is 21.7 Å². The molecule has 0 saturated heterocycles. The number of aromatic nitrogens is 1. The molecule has 6 heteroatoms. The van der Waals surface area contributed by atoms with E-state index >= 15 is 0 Å². The van der Waals surface area contributed by atoms with Crippen molar-refractivity contribution in [1.29, 1.82) is 0 Å². The van der Waals surface area contributed by atoms with Gasteiger partial charge in [-0.15, -0.1) is 0 Å². The van der Waals surface area contributed by atoms with Crippen LogP contribution in [0.1, 0.15) is 25.7 Å². The molecule has 0 aliphatic heterocycles. The predicted molar refractivity (Wildman–Crippen MR) is 118 cm³/mol. The first kappa shape index (κ1) is 19.3. The van der Waals surface area contributed by atoms with Crippen LogP contribution in [0.2, 0.25) is 10.0 Å². The molecule has 146 valence electrons. The van der Waals surface area contributed by atoms with E-state index in [4.69, 9.17) is 23.2 Å². The fourth-order valence-electron chi connectivity index (χ4n) is 3.93. The Kier molecular flexibility index (Phi) is 5.63. The fraction of sp³-hybridized carbons (Fsp3) is 0.318. The van der Waals surface area contributed by atoms with Gasteiger partial charge in [0.05, 0.1) is 15.6 Å². The first-order chi connectivity index (χ1) is 13.5. The summed E-state index contributed by atoms with van der Waals surface area (Å²) in [4.78, 5) is 4.50. The van der Waals surface area contributed by atoms with Crippen LogP contribution in [0.15, 0.2) is 42.6 Å². The smallest absolute Gasteiger partial charge is 0.152 e. The van der Waals surface area contributed by atoms with Gasteiger partial charge in [-0.2, -0.15) is 0 Å². The lowest BCUT2D eigenvalue weighted by atomic mass is 9.91. The molecule has 1 aliphatic rings. The maximum atomic E-state index is 9.82. The number of benzene rings is 2. The molecule has 28 heavy (non-hydrogen) atoms. The minimum atomic E-state index is -0.0888. The molecule has 0 amide bonds. The van der Waals surface area contributed by atoms with E-state index in [1.54, 1.807) is 12.1 Å². The Hall–Kier alpha value is -2.01. The molecular formula is C22H23Cl2N3O. The van der Waals surface area contributed by atoms with Gasteiger partial charge in [0.1, 0.15) is 0 Å². The van der Waals surface area contributed by atoms with Crippen LogP contribution in [0.25, 0.3) is 22.0 Å². The highest BCUT2D eigenvalue weighted by Crippen LogP contribution is 2.37. The Morgan fingerprint density at radius 3 is 2.29 bits per heavy atom. The standard InChI is InChI=1S/C22H23Cl2N3O/c1-25-15-3-5-16(6-4-15)27-21-8-9-26-20-7-2-13(10-17(20)21)14-11-18(23)22(28)19(24)12-14/h2,7-12,15-16,25,28H,3-6H2,1H3,(H,26,27). The van der Waals surface area contributed by atoms with Crippen molar-refractivity contribution >= 4 is 39.8 Å². The molecular weight excluding hydrogens is 393 g/mol. The van der Waals surface area contributed by atoms with Crippen LogP contribution in [0, 0.1) is 0 Å². The van der Waals surface area contributed by atoms with E-state index in [-0.39, 0.29) is 15.8 Å². The highest BCUT2D eigenvalue weighted by atomic mass is 35.5. The molecule has 1 fully saturated rings. The van der Waals surface area contributed by atoms with Crippen LogP contribution in [-0.2, 0) is 0 Å². The number of nitrogens with zero attached hydrogens (tertiary/aromatic N) is 1. The van der Waals surface area contributed by atoms with Gasteiger partial charge < -0.3 is 15.7 Å². The molecule has 0 atom stereocenters. The summed E-state index contributed by atoms with van der Waals surface area (Å²) in [7, 11) is 2.04. The lowest BCUT2D eigenvalue weighted by molar-refractivity contribution is 0.371. The molecule has 1 saturated carbocycles. The number of anilines is 1. The summed E-state index contributed by atoms with van der Waals surface area (Å²) in [5, 5.41) is 18.5. The van der Waals surface area contributed by atoms with Crippen molar-refractivity contribution in [2.24, 2.45) is 0 Å². The van der Waals surface area contributed by atoms with Crippen molar-refractivity contribution in [3.63, 3.8) is 0 Å². The second-order valence-electron chi connectivity index (χ2n) is 7.36. The zero-order valence-electron chi connectivity index (χ0n) is 15.7. The number of fused-ring (bicyclic) bond motifs is 1. The largest absolute Gasteiger partial charge is 0.505 e. The molecule has 4 rings (SSSR count). The van der Waals surface area contributed by atoms with Crippen LogP contribution in [-0.4, -0.2) is 29.2 Å². The number of hydrogen-bond donors (Lipinski definition) is 3. The maximum absolute atomic E-state index is 9.82. The molecule has 1 heterocycles. The number of phenols is 1. The molecule has 0 spiro atoms. The molecule has 4 nitrogen and oxygen atoms in total. The molecule has 0 unspecified atom stereocenters. The number of aromatic hydroxyl groups is 1.